The van der Waals surface area contributed by atoms with Gasteiger partial charge < -0.3 is 4.90 Å². The van der Waals surface area contributed by atoms with Crippen LogP contribution in [0.1, 0.15) is 45.1 Å². The van der Waals surface area contributed by atoms with Crippen LogP contribution in [0.5, 0.6) is 0 Å². The van der Waals surface area contributed by atoms with Gasteiger partial charge in [0, 0.05) is 16.5 Å². The molecule has 1 aromatic carbocycles. The zero-order chi connectivity index (χ0) is 14.0. The van der Waals surface area contributed by atoms with Crippen LogP contribution in [0.2, 0.25) is 5.02 Å². The quantitative estimate of drug-likeness (QED) is 0.725. The van der Waals surface area contributed by atoms with E-state index in [-0.39, 0.29) is 12.4 Å². The van der Waals surface area contributed by atoms with Gasteiger partial charge in [0.2, 0.25) is 0 Å². The smallest absolute Gasteiger partial charge is 0.0406 e. The lowest BCUT2D eigenvalue weighted by Crippen LogP contribution is -2.52. The van der Waals surface area contributed by atoms with E-state index >= 15 is 0 Å². The number of nitrogens with zero attached hydrogens (tertiary/aromatic N) is 1. The average Bonchev–Trinajstić information content (AvgIpc) is 2.28. The van der Waals surface area contributed by atoms with Gasteiger partial charge in [-0.25, -0.2) is 0 Å². The van der Waals surface area contributed by atoms with Crippen LogP contribution in [0.3, 0.4) is 0 Å². The molecular formula is C17H27Cl2N. The summed E-state index contributed by atoms with van der Waals surface area (Å²) in [5, 5.41) is 0.837. The maximum atomic E-state index is 6.04. The number of halogens is 2. The molecule has 0 aliphatic heterocycles. The molecule has 0 unspecified atom stereocenters. The number of benzene rings is 1. The second-order valence-electron chi connectivity index (χ2n) is 6.63. The second kappa shape index (κ2) is 7.15. The van der Waals surface area contributed by atoms with Gasteiger partial charge in [-0.3, -0.25) is 0 Å². The minimum absolute atomic E-state index is 0. The Bertz CT molecular complexity index is 408. The van der Waals surface area contributed by atoms with Gasteiger partial charge in [-0.2, -0.15) is 0 Å². The number of hydrogen-bond acceptors (Lipinski definition) is 1. The molecule has 114 valence electrons. The predicted octanol–water partition coefficient (Wildman–Crippen LogP) is 5.16. The molecule has 0 radical (unpaired) electrons. The lowest BCUT2D eigenvalue weighted by atomic mass is 9.58. The van der Waals surface area contributed by atoms with Crippen LogP contribution in [0.4, 0.5) is 0 Å². The topological polar surface area (TPSA) is 3.24 Å². The summed E-state index contributed by atoms with van der Waals surface area (Å²) < 4.78 is 0. The van der Waals surface area contributed by atoms with Crippen LogP contribution in [0, 0.1) is 5.92 Å². The fraction of sp³-hybridized carbons (Fsp3) is 0.647. The van der Waals surface area contributed by atoms with E-state index in [2.05, 4.69) is 45.0 Å². The summed E-state index contributed by atoms with van der Waals surface area (Å²) in [5.74, 6) is 0.733. The Balaban J connectivity index is 0.00000200. The zero-order valence-corrected chi connectivity index (χ0v) is 14.6. The summed E-state index contributed by atoms with van der Waals surface area (Å²) in [5.41, 5.74) is 1.82. The summed E-state index contributed by atoms with van der Waals surface area (Å²) in [6.45, 7) is 4.65. The molecule has 0 spiro atoms. The minimum atomic E-state index is 0. The van der Waals surface area contributed by atoms with E-state index in [1.54, 1.807) is 0 Å². The Labute approximate surface area is 135 Å². The first-order valence-corrected chi connectivity index (χ1v) is 7.76. The van der Waals surface area contributed by atoms with Crippen LogP contribution < -0.4 is 0 Å². The maximum absolute atomic E-state index is 6.04. The summed E-state index contributed by atoms with van der Waals surface area (Å²) >= 11 is 6.04. The third-order valence-electron chi connectivity index (χ3n) is 4.62. The van der Waals surface area contributed by atoms with Gasteiger partial charge in [0.25, 0.3) is 0 Å². The summed E-state index contributed by atoms with van der Waals surface area (Å²) in [6.07, 6.45) is 5.23. The highest BCUT2D eigenvalue weighted by atomic mass is 35.5. The van der Waals surface area contributed by atoms with Gasteiger partial charge in [0.1, 0.15) is 0 Å². The predicted molar refractivity (Wildman–Crippen MR) is 91.2 cm³/mol. The molecule has 0 bridgehead atoms. The van der Waals surface area contributed by atoms with Gasteiger partial charge in [-0.1, -0.05) is 44.0 Å². The van der Waals surface area contributed by atoms with Gasteiger partial charge >= 0.3 is 0 Å². The molecule has 1 aliphatic rings. The number of hydrogen-bond donors (Lipinski definition) is 0. The van der Waals surface area contributed by atoms with Crippen molar-refractivity contribution in [3.8, 4) is 0 Å². The van der Waals surface area contributed by atoms with E-state index in [9.17, 15) is 0 Å². The molecule has 3 heteroatoms. The fourth-order valence-corrected chi connectivity index (χ4v) is 3.66. The molecule has 0 amide bonds. The van der Waals surface area contributed by atoms with Crippen LogP contribution >= 0.6 is 24.0 Å². The summed E-state index contributed by atoms with van der Waals surface area (Å²) in [7, 11) is 4.45. The highest BCUT2D eigenvalue weighted by Crippen LogP contribution is 2.49. The first-order chi connectivity index (χ1) is 8.95. The lowest BCUT2D eigenvalue weighted by Gasteiger charge is -2.51. The van der Waals surface area contributed by atoms with Gasteiger partial charge in [-0.05, 0) is 57.0 Å². The molecule has 1 nitrogen and oxygen atoms in total. The molecule has 1 atom stereocenters. The van der Waals surface area contributed by atoms with Crippen molar-refractivity contribution in [2.75, 3.05) is 14.1 Å². The third kappa shape index (κ3) is 3.50. The molecule has 1 aromatic rings. The van der Waals surface area contributed by atoms with Gasteiger partial charge in [0.15, 0.2) is 0 Å². The van der Waals surface area contributed by atoms with Crippen molar-refractivity contribution in [3.05, 3.63) is 34.9 Å². The summed E-state index contributed by atoms with van der Waals surface area (Å²) in [4.78, 5) is 2.42. The van der Waals surface area contributed by atoms with Crippen molar-refractivity contribution in [2.24, 2.45) is 5.92 Å². The van der Waals surface area contributed by atoms with E-state index in [1.165, 1.54) is 31.2 Å². The summed E-state index contributed by atoms with van der Waals surface area (Å²) in [6, 6.07) is 9.18. The average molecular weight is 316 g/mol. The third-order valence-corrected chi connectivity index (χ3v) is 4.87. The zero-order valence-electron chi connectivity index (χ0n) is 13.0. The Morgan fingerprint density at radius 3 is 2.05 bits per heavy atom. The molecule has 0 heterocycles. The maximum Gasteiger partial charge on any atom is 0.0406 e. The van der Waals surface area contributed by atoms with Gasteiger partial charge in [0.05, 0.1) is 0 Å². The second-order valence-corrected chi connectivity index (χ2v) is 7.06. The van der Waals surface area contributed by atoms with Crippen LogP contribution in [0.25, 0.3) is 0 Å². The largest absolute Gasteiger partial charge is 0.306 e. The SMILES string of the molecule is CC(C)C[C@@H](N(C)C)C1(c2ccc(Cl)cc2)CCC1.Cl. The van der Waals surface area contributed by atoms with Gasteiger partial charge in [-0.15, -0.1) is 12.4 Å². The van der Waals surface area contributed by atoms with Crippen molar-refractivity contribution >= 4 is 24.0 Å². The van der Waals surface area contributed by atoms with E-state index < -0.39 is 0 Å². The monoisotopic (exact) mass is 315 g/mol. The fourth-order valence-electron chi connectivity index (χ4n) is 3.53. The Morgan fingerprint density at radius 2 is 1.70 bits per heavy atom. The molecule has 0 saturated heterocycles. The van der Waals surface area contributed by atoms with Crippen molar-refractivity contribution in [3.63, 3.8) is 0 Å². The standard InChI is InChI=1S/C17H26ClN.ClH/c1-13(2)12-16(19(3)4)17(10-5-11-17)14-6-8-15(18)9-7-14;/h6-9,13,16H,5,10-12H2,1-4H3;1H/t16-;/m1./s1. The Morgan fingerprint density at radius 1 is 1.15 bits per heavy atom. The van der Waals surface area contributed by atoms with E-state index in [1.807, 2.05) is 12.1 Å². The molecule has 0 aromatic heterocycles. The van der Waals surface area contributed by atoms with E-state index in [0.717, 1.165) is 10.9 Å². The lowest BCUT2D eigenvalue weighted by molar-refractivity contribution is 0.0808. The highest BCUT2D eigenvalue weighted by Gasteiger charge is 2.46. The minimum Gasteiger partial charge on any atom is -0.306 e. The van der Waals surface area contributed by atoms with E-state index in [0.29, 0.717) is 11.5 Å². The molecule has 20 heavy (non-hydrogen) atoms. The number of likely N-dealkylation sites (N-methyl/N-ethyl adjacent to an activating group) is 1. The van der Waals surface area contributed by atoms with Crippen molar-refractivity contribution in [2.45, 2.75) is 51.0 Å². The van der Waals surface area contributed by atoms with E-state index in [4.69, 9.17) is 11.6 Å². The Kier molecular flexibility index (Phi) is 6.37. The Hall–Kier alpha value is -0.240. The normalized spacial score (nSPS) is 18.6. The first-order valence-electron chi connectivity index (χ1n) is 7.38. The van der Waals surface area contributed by atoms with Crippen LogP contribution in [-0.4, -0.2) is 25.0 Å². The van der Waals surface area contributed by atoms with Crippen molar-refractivity contribution in [1.82, 2.24) is 4.90 Å². The molecule has 1 fully saturated rings. The molecule has 1 saturated carbocycles. The molecular weight excluding hydrogens is 289 g/mol. The van der Waals surface area contributed by atoms with Crippen molar-refractivity contribution < 1.29 is 0 Å². The molecule has 1 aliphatic carbocycles. The van der Waals surface area contributed by atoms with Crippen LogP contribution in [-0.2, 0) is 5.41 Å². The number of rotatable bonds is 5. The molecule has 2 rings (SSSR count). The van der Waals surface area contributed by atoms with Crippen molar-refractivity contribution in [1.29, 1.82) is 0 Å². The highest BCUT2D eigenvalue weighted by molar-refractivity contribution is 6.30. The van der Waals surface area contributed by atoms with Crippen LogP contribution in [0.15, 0.2) is 24.3 Å². The molecule has 0 N–H and O–H groups in total. The first kappa shape index (κ1) is 17.8.